The maximum Gasteiger partial charge on any atom is 0.408 e. The topological polar surface area (TPSA) is 55.4 Å². The van der Waals surface area contributed by atoms with Crippen LogP contribution in [0.2, 0.25) is 19.6 Å². The molecule has 178 valence electrons. The summed E-state index contributed by atoms with van der Waals surface area (Å²) in [6.45, 7) is 16.3. The molecule has 6 heteroatoms. The Morgan fingerprint density at radius 2 is 1.73 bits per heavy atom. The molecule has 2 aromatic carbocycles. The van der Waals surface area contributed by atoms with Gasteiger partial charge in [0.05, 0.1) is 12.0 Å². The number of carbonyl (C=O) groups excluding carboxylic acids is 2. The normalized spacial score (nSPS) is 14.5. The zero-order chi connectivity index (χ0) is 24.8. The number of hydrogen-bond acceptors (Lipinski definition) is 4. The lowest BCUT2D eigenvalue weighted by atomic mass is 10.00. The molecule has 3 atom stereocenters. The van der Waals surface area contributed by atoms with Crippen molar-refractivity contribution in [2.75, 3.05) is 0 Å². The van der Waals surface area contributed by atoms with Crippen molar-refractivity contribution in [3.63, 3.8) is 0 Å². The predicted molar refractivity (Wildman–Crippen MR) is 143 cm³/mol. The molecule has 0 heterocycles. The minimum Gasteiger partial charge on any atom is -0.432 e. The molecule has 1 N–H and O–H groups in total. The summed E-state index contributed by atoms with van der Waals surface area (Å²) in [7, 11) is -1.72. The van der Waals surface area contributed by atoms with E-state index in [9.17, 15) is 9.59 Å². The highest BCUT2D eigenvalue weighted by molar-refractivity contribution is 8.14. The quantitative estimate of drug-likeness (QED) is 0.356. The minimum atomic E-state index is -1.72. The van der Waals surface area contributed by atoms with Gasteiger partial charge in [-0.1, -0.05) is 107 Å². The Hall–Kier alpha value is -2.23. The van der Waals surface area contributed by atoms with Crippen molar-refractivity contribution >= 4 is 41.8 Å². The number of alkyl carbamates (subject to hydrolysis) is 1. The number of ether oxygens (including phenoxy) is 1. The molecule has 0 spiro atoms. The van der Waals surface area contributed by atoms with Gasteiger partial charge in [-0.2, -0.15) is 0 Å². The lowest BCUT2D eigenvalue weighted by molar-refractivity contribution is -0.116. The van der Waals surface area contributed by atoms with Gasteiger partial charge in [-0.05, 0) is 29.7 Å². The maximum absolute atomic E-state index is 13.0. The molecular weight excluding hydrogens is 446 g/mol. The molecule has 4 nitrogen and oxygen atoms in total. The van der Waals surface area contributed by atoms with E-state index in [0.717, 1.165) is 16.3 Å². The Balaban J connectivity index is 2.24. The summed E-state index contributed by atoms with van der Waals surface area (Å²) >= 11 is 1.28. The van der Waals surface area contributed by atoms with Gasteiger partial charge in [-0.25, -0.2) is 4.79 Å². The largest absolute Gasteiger partial charge is 0.432 e. The molecule has 0 unspecified atom stereocenters. The highest BCUT2D eigenvalue weighted by Gasteiger charge is 2.32. The number of nitrogens with one attached hydrogen (secondary N) is 1. The Kier molecular flexibility index (Phi) is 9.22. The van der Waals surface area contributed by atoms with Gasteiger partial charge < -0.3 is 10.1 Å². The van der Waals surface area contributed by atoms with Crippen LogP contribution in [0.4, 0.5) is 4.79 Å². The number of benzene rings is 2. The van der Waals surface area contributed by atoms with Crippen molar-refractivity contribution in [2.24, 2.45) is 5.92 Å². The van der Waals surface area contributed by atoms with E-state index < -0.39 is 26.2 Å². The zero-order valence-corrected chi connectivity index (χ0v) is 22.9. The number of hydrogen-bond donors (Lipinski definition) is 1. The second-order valence-corrected chi connectivity index (χ2v) is 16.9. The van der Waals surface area contributed by atoms with Gasteiger partial charge >= 0.3 is 6.09 Å². The third kappa shape index (κ3) is 8.56. The maximum atomic E-state index is 13.0. The second kappa shape index (κ2) is 11.3. The van der Waals surface area contributed by atoms with Gasteiger partial charge in [-0.15, -0.1) is 5.54 Å². The average molecular weight is 484 g/mol. The molecule has 2 rings (SSSR count). The molecule has 0 aromatic heterocycles. The van der Waals surface area contributed by atoms with Crippen molar-refractivity contribution in [2.45, 2.75) is 77.6 Å². The molecular formula is C27H37NO3SSi. The number of carbonyl (C=O) groups is 2. The van der Waals surface area contributed by atoms with Crippen LogP contribution >= 0.6 is 11.8 Å². The molecule has 2 aromatic rings. The van der Waals surface area contributed by atoms with Crippen LogP contribution in [0.25, 0.3) is 10.8 Å². The van der Waals surface area contributed by atoms with Gasteiger partial charge in [0.25, 0.3) is 0 Å². The molecule has 0 radical (unpaired) electrons. The summed E-state index contributed by atoms with van der Waals surface area (Å²) in [5.74, 6) is 2.67. The van der Waals surface area contributed by atoms with E-state index in [4.69, 9.17) is 4.74 Å². The molecule has 0 saturated carbocycles. The van der Waals surface area contributed by atoms with E-state index in [-0.39, 0.29) is 15.9 Å². The van der Waals surface area contributed by atoms with Gasteiger partial charge in [0, 0.05) is 4.75 Å². The summed E-state index contributed by atoms with van der Waals surface area (Å²) in [6.07, 6.45) is -0.778. The molecule has 0 aliphatic heterocycles. The summed E-state index contributed by atoms with van der Waals surface area (Å²) in [5.41, 5.74) is 4.31. The average Bonchev–Trinajstić information content (AvgIpc) is 2.70. The first-order valence-electron chi connectivity index (χ1n) is 11.5. The number of thioether (sulfide) groups is 1. The first-order chi connectivity index (χ1) is 15.3. The van der Waals surface area contributed by atoms with E-state index in [1.807, 2.05) is 65.0 Å². The third-order valence-electron chi connectivity index (χ3n) is 4.96. The van der Waals surface area contributed by atoms with Crippen LogP contribution in [0.15, 0.2) is 42.5 Å². The van der Waals surface area contributed by atoms with E-state index in [1.165, 1.54) is 11.8 Å². The van der Waals surface area contributed by atoms with Crippen LogP contribution in [-0.4, -0.2) is 30.1 Å². The smallest absolute Gasteiger partial charge is 0.408 e. The standard InChI is InChI=1S/C27H37NO3SSi/c1-9-21(25(29)32-27(3,4)5)24(17-18-33(6,7)8)31-26(30)28-19(2)22-16-12-14-20-13-10-11-15-23(20)22/h10-16,19,21,24H,9H2,1-8H3,(H,28,30)/t19-,21+,24-/m1/s1. The van der Waals surface area contributed by atoms with E-state index >= 15 is 0 Å². The molecule has 0 fully saturated rings. The third-order valence-corrected chi connectivity index (χ3v) is 6.97. The summed E-state index contributed by atoms with van der Waals surface area (Å²) in [6, 6.07) is 13.9. The predicted octanol–water partition coefficient (Wildman–Crippen LogP) is 6.96. The lowest BCUT2D eigenvalue weighted by Crippen LogP contribution is -2.37. The Labute approximate surface area is 204 Å². The summed E-state index contributed by atoms with van der Waals surface area (Å²) in [5, 5.41) is 5.16. The number of fused-ring (bicyclic) bond motifs is 1. The summed E-state index contributed by atoms with van der Waals surface area (Å²) in [4.78, 5) is 25.9. The van der Waals surface area contributed by atoms with Gasteiger partial charge in [0.15, 0.2) is 11.2 Å². The Morgan fingerprint density at radius 3 is 2.33 bits per heavy atom. The lowest BCUT2D eigenvalue weighted by Gasteiger charge is -2.25. The second-order valence-electron chi connectivity index (χ2n) is 10.3. The Bertz CT molecular complexity index is 1040. The first kappa shape index (κ1) is 27.0. The van der Waals surface area contributed by atoms with Gasteiger partial charge in [0.1, 0.15) is 8.07 Å². The van der Waals surface area contributed by atoms with Crippen molar-refractivity contribution in [3.05, 3.63) is 48.0 Å². The van der Waals surface area contributed by atoms with Crippen LogP contribution in [0.3, 0.4) is 0 Å². The summed E-state index contributed by atoms with van der Waals surface area (Å²) < 4.78 is 5.59. The van der Waals surface area contributed by atoms with E-state index in [1.54, 1.807) is 0 Å². The van der Waals surface area contributed by atoms with Crippen molar-refractivity contribution in [3.8, 4) is 11.5 Å². The van der Waals surface area contributed by atoms with Crippen LogP contribution in [0.5, 0.6) is 0 Å². The number of rotatable bonds is 6. The van der Waals surface area contributed by atoms with Gasteiger partial charge in [-0.3, -0.25) is 4.79 Å². The molecule has 0 saturated heterocycles. The van der Waals surface area contributed by atoms with Gasteiger partial charge in [0.2, 0.25) is 0 Å². The first-order valence-corrected chi connectivity index (χ1v) is 15.8. The van der Waals surface area contributed by atoms with Crippen molar-refractivity contribution in [1.29, 1.82) is 0 Å². The molecule has 0 aliphatic carbocycles. The fourth-order valence-electron chi connectivity index (χ4n) is 3.41. The molecule has 1 amide bonds. The van der Waals surface area contributed by atoms with Crippen LogP contribution in [0, 0.1) is 17.4 Å². The molecule has 0 aliphatic rings. The highest BCUT2D eigenvalue weighted by atomic mass is 32.2. The zero-order valence-electron chi connectivity index (χ0n) is 21.1. The Morgan fingerprint density at radius 1 is 1.09 bits per heavy atom. The SMILES string of the molecule is CC[C@H](C(=O)SC(C)(C)C)[C@@H](C#C[Si](C)(C)C)OC(=O)N[C@H](C)c1cccc2ccccc12. The van der Waals surface area contributed by atoms with Crippen LogP contribution < -0.4 is 5.32 Å². The highest BCUT2D eigenvalue weighted by Crippen LogP contribution is 2.30. The number of amides is 1. The molecule has 33 heavy (non-hydrogen) atoms. The van der Waals surface area contributed by atoms with E-state index in [2.05, 4.69) is 48.6 Å². The fourth-order valence-corrected chi connectivity index (χ4v) is 5.03. The van der Waals surface area contributed by atoms with Crippen LogP contribution in [-0.2, 0) is 9.53 Å². The van der Waals surface area contributed by atoms with Crippen LogP contribution in [0.1, 0.15) is 52.6 Å². The van der Waals surface area contributed by atoms with Crippen molar-refractivity contribution < 1.29 is 14.3 Å². The fraction of sp³-hybridized carbons (Fsp3) is 0.481. The van der Waals surface area contributed by atoms with Crippen molar-refractivity contribution in [1.82, 2.24) is 5.32 Å². The molecule has 0 bridgehead atoms. The van der Waals surface area contributed by atoms with E-state index in [0.29, 0.717) is 6.42 Å². The minimum absolute atomic E-state index is 0.00905. The monoisotopic (exact) mass is 483 g/mol.